The zero-order valence-corrected chi connectivity index (χ0v) is 36.7. The van der Waals surface area contributed by atoms with Crippen molar-refractivity contribution in [2.24, 2.45) is 0 Å². The number of fused-ring (bicyclic) bond motifs is 3. The molecule has 0 bridgehead atoms. The molecule has 4 N–H and O–H groups in total. The van der Waals surface area contributed by atoms with Crippen LogP contribution in [-0.2, 0) is 31.8 Å². The summed E-state index contributed by atoms with van der Waals surface area (Å²) in [5, 5.41) is 37.9. The Labute approximate surface area is 395 Å². The van der Waals surface area contributed by atoms with Crippen LogP contribution in [0.1, 0.15) is 85.9 Å². The minimum atomic E-state index is -1.04. The van der Waals surface area contributed by atoms with Crippen LogP contribution in [0, 0.1) is 0 Å². The Bertz CT molecular complexity index is 3000. The third kappa shape index (κ3) is 9.32. The first-order valence-corrected chi connectivity index (χ1v) is 21.8. The van der Waals surface area contributed by atoms with Gasteiger partial charge in [0.25, 0.3) is 0 Å². The average molecular weight is 919 g/mol. The molecule has 0 unspecified atom stereocenters. The first kappa shape index (κ1) is 45.0. The van der Waals surface area contributed by atoms with E-state index in [0.29, 0.717) is 23.0 Å². The smallest absolute Gasteiger partial charge is 0.335 e. The van der Waals surface area contributed by atoms with Gasteiger partial charge in [-0.2, -0.15) is 0 Å². The predicted octanol–water partition coefficient (Wildman–Crippen LogP) is 11.2. The predicted molar refractivity (Wildman–Crippen MR) is 255 cm³/mol. The maximum absolute atomic E-state index is 11.6. The monoisotopic (exact) mass is 918 g/mol. The van der Waals surface area contributed by atoms with Crippen molar-refractivity contribution in [1.29, 1.82) is 0 Å². The maximum atomic E-state index is 11.6. The van der Waals surface area contributed by atoms with E-state index in [4.69, 9.17) is 18.9 Å². The van der Waals surface area contributed by atoms with Crippen molar-refractivity contribution >= 4 is 23.9 Å². The molecule has 0 aromatic heterocycles. The van der Waals surface area contributed by atoms with Crippen molar-refractivity contribution in [2.45, 2.75) is 31.8 Å². The average Bonchev–Trinajstić information content (AvgIpc) is 3.68. The van der Waals surface area contributed by atoms with Crippen molar-refractivity contribution < 1.29 is 58.6 Å². The van der Waals surface area contributed by atoms with E-state index in [1.165, 1.54) is 48.5 Å². The van der Waals surface area contributed by atoms with Gasteiger partial charge in [0.05, 0.1) is 27.7 Å². The number of carboxylic acid groups (broad SMARTS) is 4. The summed E-state index contributed by atoms with van der Waals surface area (Å²) in [7, 11) is 0. The number of carbonyl (C=O) groups is 4. The summed E-state index contributed by atoms with van der Waals surface area (Å²) in [6.45, 7) is 0.350. The van der Waals surface area contributed by atoms with Crippen molar-refractivity contribution in [3.63, 3.8) is 0 Å². The minimum absolute atomic E-state index is 0.0731. The Morgan fingerprint density at radius 3 is 0.899 bits per heavy atom. The van der Waals surface area contributed by atoms with Crippen LogP contribution in [0.15, 0.2) is 182 Å². The standard InChI is InChI=1S/C57H42O12/c58-53(59)39-17-9-35(10-18-39)31-66-49-27-25-43(29-51(49)68-33-37-13-21-41(22-14-37)55(62)63)57(47-7-3-1-5-45(47)46-6-2-4-8-48(46)57)44-26-28-50(67-32-36-11-19-40(20-12-36)54(60)61)52(30-44)69-34-38-15-23-42(24-16-38)56(64)65/h1-30H,31-34H2,(H,58,59)(H,60,61)(H,62,63)(H,64,65). The molecule has 0 saturated carbocycles. The highest BCUT2D eigenvalue weighted by Gasteiger charge is 2.46. The SMILES string of the molecule is O=C(O)c1ccc(COc2ccc(C3(c4ccc(OCc5ccc(C(=O)O)cc5)c(OCc5ccc(C(=O)O)cc5)c4)c4ccccc4-c4ccccc43)cc2OCc2ccc(C(=O)O)cc2)cc1. The summed E-state index contributed by atoms with van der Waals surface area (Å²) in [6.07, 6.45) is 0. The molecule has 12 nitrogen and oxygen atoms in total. The molecule has 1 aliphatic rings. The molecule has 12 heteroatoms. The van der Waals surface area contributed by atoms with Crippen molar-refractivity contribution in [1.82, 2.24) is 0 Å². The van der Waals surface area contributed by atoms with E-state index < -0.39 is 29.3 Å². The summed E-state index contributed by atoms with van der Waals surface area (Å²) in [6, 6.07) is 53.6. The molecule has 0 radical (unpaired) electrons. The van der Waals surface area contributed by atoms with E-state index in [1.807, 2.05) is 60.7 Å². The van der Waals surface area contributed by atoms with E-state index >= 15 is 0 Å². The second-order valence-corrected chi connectivity index (χ2v) is 16.3. The molecule has 8 aromatic carbocycles. The first-order chi connectivity index (χ1) is 33.5. The maximum Gasteiger partial charge on any atom is 0.335 e. The number of rotatable bonds is 18. The van der Waals surface area contributed by atoms with Crippen LogP contribution in [0.3, 0.4) is 0 Å². The minimum Gasteiger partial charge on any atom is -0.485 e. The molecule has 0 saturated heterocycles. The zero-order valence-electron chi connectivity index (χ0n) is 36.7. The topological polar surface area (TPSA) is 186 Å². The fourth-order valence-corrected chi connectivity index (χ4v) is 8.59. The summed E-state index contributed by atoms with van der Waals surface area (Å²) >= 11 is 0. The van der Waals surface area contributed by atoms with Gasteiger partial charge < -0.3 is 39.4 Å². The largest absolute Gasteiger partial charge is 0.485 e. The molecule has 0 spiro atoms. The van der Waals surface area contributed by atoms with Crippen LogP contribution in [0.25, 0.3) is 11.1 Å². The van der Waals surface area contributed by atoms with Gasteiger partial charge in [0.2, 0.25) is 0 Å². The van der Waals surface area contributed by atoms with Crippen LogP contribution in [0.4, 0.5) is 0 Å². The number of carboxylic acids is 4. The Morgan fingerprint density at radius 1 is 0.333 bits per heavy atom. The lowest BCUT2D eigenvalue weighted by Gasteiger charge is -2.34. The van der Waals surface area contributed by atoms with Crippen LogP contribution < -0.4 is 18.9 Å². The van der Waals surface area contributed by atoms with E-state index in [1.54, 1.807) is 48.5 Å². The molecule has 0 amide bonds. The molecular weight excluding hydrogens is 877 g/mol. The third-order valence-corrected chi connectivity index (χ3v) is 12.1. The lowest BCUT2D eigenvalue weighted by atomic mass is 9.67. The first-order valence-electron chi connectivity index (χ1n) is 21.8. The summed E-state index contributed by atoms with van der Waals surface area (Å²) in [4.78, 5) is 46.3. The number of aromatic carboxylic acids is 4. The molecule has 1 aliphatic carbocycles. The molecule has 9 rings (SSSR count). The summed E-state index contributed by atoms with van der Waals surface area (Å²) < 4.78 is 26.0. The number of benzene rings is 8. The summed E-state index contributed by atoms with van der Waals surface area (Å²) in [5.74, 6) is -2.54. The van der Waals surface area contributed by atoms with Crippen LogP contribution >= 0.6 is 0 Å². The lowest BCUT2D eigenvalue weighted by Crippen LogP contribution is -2.28. The zero-order chi connectivity index (χ0) is 48.1. The second kappa shape index (κ2) is 19.4. The van der Waals surface area contributed by atoms with E-state index in [0.717, 1.165) is 55.6 Å². The molecule has 0 fully saturated rings. The van der Waals surface area contributed by atoms with Gasteiger partial charge in [-0.15, -0.1) is 0 Å². The van der Waals surface area contributed by atoms with Gasteiger partial charge in [-0.25, -0.2) is 19.2 Å². The quantitative estimate of drug-likeness (QED) is 0.0639. The van der Waals surface area contributed by atoms with Gasteiger partial charge >= 0.3 is 23.9 Å². The van der Waals surface area contributed by atoms with Crippen molar-refractivity contribution in [2.75, 3.05) is 0 Å². The van der Waals surface area contributed by atoms with Gasteiger partial charge in [0.1, 0.15) is 26.4 Å². The van der Waals surface area contributed by atoms with E-state index in [9.17, 15) is 39.6 Å². The van der Waals surface area contributed by atoms with Gasteiger partial charge in [-0.3, -0.25) is 0 Å². The van der Waals surface area contributed by atoms with E-state index in [2.05, 4.69) is 24.3 Å². The second-order valence-electron chi connectivity index (χ2n) is 16.3. The third-order valence-electron chi connectivity index (χ3n) is 12.1. The Hall–Kier alpha value is -9.16. The Morgan fingerprint density at radius 2 is 0.609 bits per heavy atom. The molecule has 69 heavy (non-hydrogen) atoms. The molecule has 342 valence electrons. The molecule has 0 aliphatic heterocycles. The van der Waals surface area contributed by atoms with Gasteiger partial charge in [0.15, 0.2) is 23.0 Å². The lowest BCUT2D eigenvalue weighted by molar-refractivity contribution is 0.0686. The number of hydrogen-bond donors (Lipinski definition) is 4. The number of ether oxygens (including phenoxy) is 4. The highest BCUT2D eigenvalue weighted by Crippen LogP contribution is 2.57. The highest BCUT2D eigenvalue weighted by atomic mass is 16.5. The molecule has 8 aromatic rings. The van der Waals surface area contributed by atoms with Crippen LogP contribution in [-0.4, -0.2) is 44.3 Å². The van der Waals surface area contributed by atoms with Crippen LogP contribution in [0.5, 0.6) is 23.0 Å². The Balaban J connectivity index is 1.17. The summed E-state index contributed by atoms with van der Waals surface area (Å²) in [5.41, 5.74) is 8.14. The molecular formula is C57H42O12. The van der Waals surface area contributed by atoms with Gasteiger partial charge in [0, 0.05) is 0 Å². The Kier molecular flexibility index (Phi) is 12.6. The fourth-order valence-electron chi connectivity index (χ4n) is 8.59. The van der Waals surface area contributed by atoms with Gasteiger partial charge in [-0.1, -0.05) is 109 Å². The normalized spacial score (nSPS) is 12.0. The number of hydrogen-bond acceptors (Lipinski definition) is 8. The fraction of sp³-hybridized carbons (Fsp3) is 0.0877. The molecule has 0 heterocycles. The highest BCUT2D eigenvalue weighted by molar-refractivity contribution is 5.89. The van der Waals surface area contributed by atoms with E-state index in [-0.39, 0.29) is 48.7 Å². The van der Waals surface area contributed by atoms with Gasteiger partial charge in [-0.05, 0) is 128 Å². The van der Waals surface area contributed by atoms with Crippen molar-refractivity contribution in [3.8, 4) is 34.1 Å². The van der Waals surface area contributed by atoms with Crippen molar-refractivity contribution in [3.05, 3.63) is 249 Å². The van der Waals surface area contributed by atoms with Crippen LogP contribution in [0.2, 0.25) is 0 Å². The molecule has 0 atom stereocenters.